The molecule has 1 unspecified atom stereocenters. The Morgan fingerprint density at radius 1 is 1.07 bits per heavy atom. The second-order valence-electron chi connectivity index (χ2n) is 7.95. The molecule has 2 amide bonds. The minimum absolute atomic E-state index is 0.116. The van der Waals surface area contributed by atoms with E-state index in [0.717, 1.165) is 51.3 Å². The van der Waals surface area contributed by atoms with Gasteiger partial charge in [-0.15, -0.1) is 0 Å². The molecule has 5 nitrogen and oxygen atoms in total. The molecular weight excluding hydrogens is 360 g/mol. The van der Waals surface area contributed by atoms with Crippen molar-refractivity contribution in [3.8, 4) is 0 Å². The van der Waals surface area contributed by atoms with Crippen molar-refractivity contribution in [2.24, 2.45) is 0 Å². The van der Waals surface area contributed by atoms with E-state index in [1.54, 1.807) is 0 Å². The number of piperazine rings is 1. The fourth-order valence-corrected chi connectivity index (χ4v) is 3.88. The molecule has 0 aromatic heterocycles. The van der Waals surface area contributed by atoms with Crippen molar-refractivity contribution in [1.29, 1.82) is 0 Å². The molecule has 1 fully saturated rings. The number of likely N-dealkylation sites (N-methyl/N-ethyl adjacent to an activating group) is 1. The van der Waals surface area contributed by atoms with E-state index in [-0.39, 0.29) is 12.1 Å². The summed E-state index contributed by atoms with van der Waals surface area (Å²) in [5, 5.41) is 6.02. The number of nitrogens with one attached hydrogen (secondary N) is 2. The molecule has 156 valence electrons. The van der Waals surface area contributed by atoms with E-state index >= 15 is 0 Å². The van der Waals surface area contributed by atoms with E-state index in [4.69, 9.17) is 0 Å². The van der Waals surface area contributed by atoms with Crippen LogP contribution >= 0.6 is 0 Å². The number of benzene rings is 2. The van der Waals surface area contributed by atoms with Gasteiger partial charge in [0, 0.05) is 43.6 Å². The first kappa shape index (κ1) is 21.2. The predicted molar refractivity (Wildman–Crippen MR) is 122 cm³/mol. The van der Waals surface area contributed by atoms with Crippen LogP contribution in [0.4, 0.5) is 16.2 Å². The number of rotatable bonds is 7. The Hall–Kier alpha value is -2.53. The SMILES string of the molecule is CCN1CCN(c2ccc(NC(=O)NC(C)CCc3ccccc3)cc2C)CC1. The number of carbonyl (C=O) groups excluding carboxylic acids is 1. The van der Waals surface area contributed by atoms with Gasteiger partial charge in [-0.3, -0.25) is 0 Å². The summed E-state index contributed by atoms with van der Waals surface area (Å²) in [6.45, 7) is 11.8. The van der Waals surface area contributed by atoms with Gasteiger partial charge in [-0.1, -0.05) is 37.3 Å². The monoisotopic (exact) mass is 394 g/mol. The maximum absolute atomic E-state index is 12.4. The van der Waals surface area contributed by atoms with Gasteiger partial charge >= 0.3 is 6.03 Å². The Labute approximate surface area is 175 Å². The van der Waals surface area contributed by atoms with Crippen molar-refractivity contribution in [2.45, 2.75) is 39.7 Å². The highest BCUT2D eigenvalue weighted by atomic mass is 16.2. The first-order chi connectivity index (χ1) is 14.0. The van der Waals surface area contributed by atoms with E-state index in [0.29, 0.717) is 0 Å². The molecule has 5 heteroatoms. The Kier molecular flexibility index (Phi) is 7.53. The molecule has 29 heavy (non-hydrogen) atoms. The lowest BCUT2D eigenvalue weighted by molar-refractivity contribution is 0.248. The average molecular weight is 395 g/mol. The van der Waals surface area contributed by atoms with Gasteiger partial charge in [0.2, 0.25) is 0 Å². The molecule has 2 aromatic carbocycles. The van der Waals surface area contributed by atoms with Gasteiger partial charge in [-0.2, -0.15) is 0 Å². The van der Waals surface area contributed by atoms with Crippen LogP contribution in [0.2, 0.25) is 0 Å². The Morgan fingerprint density at radius 3 is 2.45 bits per heavy atom. The molecule has 0 saturated carbocycles. The van der Waals surface area contributed by atoms with Gasteiger partial charge in [0.25, 0.3) is 0 Å². The highest BCUT2D eigenvalue weighted by Crippen LogP contribution is 2.24. The summed E-state index contributed by atoms with van der Waals surface area (Å²) < 4.78 is 0. The second kappa shape index (κ2) is 10.3. The fourth-order valence-electron chi connectivity index (χ4n) is 3.88. The van der Waals surface area contributed by atoms with Crippen LogP contribution in [0.25, 0.3) is 0 Å². The van der Waals surface area contributed by atoms with Crippen LogP contribution in [0.5, 0.6) is 0 Å². The number of nitrogens with zero attached hydrogens (tertiary/aromatic N) is 2. The lowest BCUT2D eigenvalue weighted by Gasteiger charge is -2.36. The standard InChI is InChI=1S/C24H34N4O/c1-4-27-14-16-28(17-15-27)23-13-12-22(18-19(23)2)26-24(29)25-20(3)10-11-21-8-6-5-7-9-21/h5-9,12-13,18,20H,4,10-11,14-17H2,1-3H3,(H2,25,26,29). The molecule has 1 atom stereocenters. The summed E-state index contributed by atoms with van der Waals surface area (Å²) in [5.41, 5.74) is 4.60. The van der Waals surface area contributed by atoms with E-state index in [2.05, 4.69) is 70.7 Å². The third kappa shape index (κ3) is 6.23. The Bertz CT molecular complexity index is 785. The topological polar surface area (TPSA) is 47.6 Å². The Morgan fingerprint density at radius 2 is 1.79 bits per heavy atom. The number of amides is 2. The third-order valence-corrected chi connectivity index (χ3v) is 5.70. The average Bonchev–Trinajstić information content (AvgIpc) is 2.73. The highest BCUT2D eigenvalue weighted by Gasteiger charge is 2.17. The van der Waals surface area contributed by atoms with Crippen LogP contribution in [-0.4, -0.2) is 49.7 Å². The molecule has 2 aromatic rings. The summed E-state index contributed by atoms with van der Waals surface area (Å²) in [5.74, 6) is 0. The molecule has 1 aliphatic rings. The van der Waals surface area contributed by atoms with Crippen LogP contribution in [-0.2, 0) is 6.42 Å². The number of hydrogen-bond acceptors (Lipinski definition) is 3. The predicted octanol–water partition coefficient (Wildman–Crippen LogP) is 4.28. The van der Waals surface area contributed by atoms with Crippen molar-refractivity contribution < 1.29 is 4.79 Å². The first-order valence-electron chi connectivity index (χ1n) is 10.7. The molecule has 0 spiro atoms. The van der Waals surface area contributed by atoms with Crippen molar-refractivity contribution in [1.82, 2.24) is 10.2 Å². The second-order valence-corrected chi connectivity index (χ2v) is 7.95. The maximum atomic E-state index is 12.4. The Balaban J connectivity index is 1.48. The molecule has 2 N–H and O–H groups in total. The first-order valence-corrected chi connectivity index (χ1v) is 10.7. The van der Waals surface area contributed by atoms with Crippen molar-refractivity contribution in [3.05, 3.63) is 59.7 Å². The smallest absolute Gasteiger partial charge is 0.319 e. The minimum Gasteiger partial charge on any atom is -0.369 e. The quantitative estimate of drug-likeness (QED) is 0.737. The van der Waals surface area contributed by atoms with E-state index < -0.39 is 0 Å². The van der Waals surface area contributed by atoms with Gasteiger partial charge in [0.05, 0.1) is 0 Å². The number of anilines is 2. The van der Waals surface area contributed by atoms with Crippen molar-refractivity contribution in [2.75, 3.05) is 42.9 Å². The molecule has 1 saturated heterocycles. The number of carbonyl (C=O) groups is 1. The molecule has 3 rings (SSSR count). The maximum Gasteiger partial charge on any atom is 0.319 e. The third-order valence-electron chi connectivity index (χ3n) is 5.70. The lowest BCUT2D eigenvalue weighted by Crippen LogP contribution is -2.46. The molecule has 0 aliphatic carbocycles. The van der Waals surface area contributed by atoms with Gasteiger partial charge in [-0.25, -0.2) is 4.79 Å². The molecular formula is C24H34N4O. The van der Waals surface area contributed by atoms with Crippen LogP contribution in [0.1, 0.15) is 31.4 Å². The molecule has 0 radical (unpaired) electrons. The minimum atomic E-state index is -0.144. The zero-order valence-corrected chi connectivity index (χ0v) is 17.9. The zero-order valence-electron chi connectivity index (χ0n) is 17.9. The van der Waals surface area contributed by atoms with Crippen LogP contribution in [0.3, 0.4) is 0 Å². The number of urea groups is 1. The normalized spacial score (nSPS) is 15.8. The van der Waals surface area contributed by atoms with Crippen molar-refractivity contribution in [3.63, 3.8) is 0 Å². The van der Waals surface area contributed by atoms with Gasteiger partial charge in [0.15, 0.2) is 0 Å². The number of hydrogen-bond donors (Lipinski definition) is 2. The summed E-state index contributed by atoms with van der Waals surface area (Å²) in [6, 6.07) is 16.5. The summed E-state index contributed by atoms with van der Waals surface area (Å²) in [4.78, 5) is 17.3. The van der Waals surface area contributed by atoms with Crippen molar-refractivity contribution >= 4 is 17.4 Å². The zero-order chi connectivity index (χ0) is 20.6. The van der Waals surface area contributed by atoms with E-state index in [1.807, 2.05) is 19.1 Å². The lowest BCUT2D eigenvalue weighted by atomic mass is 10.1. The van der Waals surface area contributed by atoms with E-state index in [9.17, 15) is 4.79 Å². The summed E-state index contributed by atoms with van der Waals surface area (Å²) >= 11 is 0. The number of aryl methyl sites for hydroxylation is 2. The summed E-state index contributed by atoms with van der Waals surface area (Å²) in [7, 11) is 0. The fraction of sp³-hybridized carbons (Fsp3) is 0.458. The highest BCUT2D eigenvalue weighted by molar-refractivity contribution is 5.89. The van der Waals surface area contributed by atoms with E-state index in [1.165, 1.54) is 16.8 Å². The largest absolute Gasteiger partial charge is 0.369 e. The van der Waals surface area contributed by atoms with Gasteiger partial charge < -0.3 is 20.4 Å². The molecule has 1 aliphatic heterocycles. The van der Waals surface area contributed by atoms with Crippen LogP contribution in [0.15, 0.2) is 48.5 Å². The van der Waals surface area contributed by atoms with Gasteiger partial charge in [-0.05, 0) is 62.6 Å². The molecule has 0 bridgehead atoms. The van der Waals surface area contributed by atoms with Crippen LogP contribution in [0, 0.1) is 6.92 Å². The van der Waals surface area contributed by atoms with Gasteiger partial charge in [0.1, 0.15) is 0 Å². The van der Waals surface area contributed by atoms with Crippen LogP contribution < -0.4 is 15.5 Å². The molecule has 1 heterocycles. The summed E-state index contributed by atoms with van der Waals surface area (Å²) in [6.07, 6.45) is 1.88.